The van der Waals surface area contributed by atoms with Gasteiger partial charge in [0.15, 0.2) is 11.5 Å². The van der Waals surface area contributed by atoms with E-state index in [4.69, 9.17) is 28.5 Å². The lowest BCUT2D eigenvalue weighted by molar-refractivity contribution is -0.142. The van der Waals surface area contributed by atoms with Crippen molar-refractivity contribution in [2.24, 2.45) is 0 Å². The maximum atomic E-state index is 12.0. The number of hydrogen-bond donors (Lipinski definition) is 0. The first kappa shape index (κ1) is 34.2. The third-order valence-electron chi connectivity index (χ3n) is 7.72. The zero-order chi connectivity index (χ0) is 34.9. The third-order valence-corrected chi connectivity index (χ3v) is 8.73. The van der Waals surface area contributed by atoms with Crippen molar-refractivity contribution < 1.29 is 28.2 Å². The first-order chi connectivity index (χ1) is 24.4. The normalized spacial score (nSPS) is 11.2. The standard InChI is InChI=1S/C39H38N4O6S/c1-5-36-40-31(25-50-36)17-16-30-22-43(32-13-8-7-9-14-32)42-39(30)48-23-28-15-18-34(35(20-28)45-4)47-24-33-26(3)49-38(41-33)29-12-10-11-27(19-29)21-37(44)46-6-2/h7-20,22,25H,5-6,21,23-24H2,1-4H3. The number of thiazole rings is 1. The second-order valence-corrected chi connectivity index (χ2v) is 12.2. The zero-order valence-electron chi connectivity index (χ0n) is 28.4. The molecule has 0 spiro atoms. The topological polar surface area (TPSA) is 111 Å². The van der Waals surface area contributed by atoms with Crippen LogP contribution in [0.2, 0.25) is 0 Å². The smallest absolute Gasteiger partial charge is 0.310 e. The molecule has 6 aromatic rings. The lowest BCUT2D eigenvalue weighted by Crippen LogP contribution is -2.07. The van der Waals surface area contributed by atoms with E-state index in [9.17, 15) is 4.79 Å². The fraction of sp³-hybridized carbons (Fsp3) is 0.231. The molecule has 6 rings (SSSR count). The summed E-state index contributed by atoms with van der Waals surface area (Å²) in [6.07, 6.45) is 6.99. The van der Waals surface area contributed by atoms with E-state index in [-0.39, 0.29) is 25.6 Å². The van der Waals surface area contributed by atoms with E-state index < -0.39 is 0 Å². The van der Waals surface area contributed by atoms with Crippen molar-refractivity contribution in [2.75, 3.05) is 13.7 Å². The second kappa shape index (κ2) is 16.1. The van der Waals surface area contributed by atoms with Crippen LogP contribution < -0.4 is 14.2 Å². The van der Waals surface area contributed by atoms with E-state index in [0.29, 0.717) is 41.3 Å². The number of oxazole rings is 1. The molecule has 50 heavy (non-hydrogen) atoms. The van der Waals surface area contributed by atoms with Gasteiger partial charge in [-0.25, -0.2) is 14.6 Å². The molecule has 0 fully saturated rings. The maximum absolute atomic E-state index is 12.0. The highest BCUT2D eigenvalue weighted by molar-refractivity contribution is 7.09. The lowest BCUT2D eigenvalue weighted by Gasteiger charge is -2.12. The SMILES string of the molecule is CCOC(=O)Cc1cccc(-c2nc(COc3ccc(COc4nn(-c5ccccc5)cc4C=Cc4csc(CC)n4)cc3OC)c(C)o2)c1. The van der Waals surface area contributed by atoms with Crippen LogP contribution in [0.5, 0.6) is 17.4 Å². The predicted molar refractivity (Wildman–Crippen MR) is 193 cm³/mol. The van der Waals surface area contributed by atoms with Gasteiger partial charge in [0.1, 0.15) is 24.7 Å². The Bertz CT molecular complexity index is 2080. The molecule has 3 aromatic heterocycles. The van der Waals surface area contributed by atoms with Crippen molar-refractivity contribution in [3.05, 3.63) is 123 Å². The fourth-order valence-electron chi connectivity index (χ4n) is 5.15. The summed E-state index contributed by atoms with van der Waals surface area (Å²) in [4.78, 5) is 21.3. The maximum Gasteiger partial charge on any atom is 0.310 e. The van der Waals surface area contributed by atoms with Gasteiger partial charge in [0.05, 0.1) is 42.1 Å². The van der Waals surface area contributed by atoms with Crippen LogP contribution in [0.4, 0.5) is 0 Å². The number of carbonyl (C=O) groups is 1. The number of hydrogen-bond acceptors (Lipinski definition) is 10. The molecular weight excluding hydrogens is 653 g/mol. The van der Waals surface area contributed by atoms with E-state index in [2.05, 4.69) is 16.9 Å². The van der Waals surface area contributed by atoms with Gasteiger partial charge in [0.2, 0.25) is 11.8 Å². The molecule has 0 aliphatic carbocycles. The third kappa shape index (κ3) is 8.48. The average molecular weight is 691 g/mol. The molecule has 0 aliphatic heterocycles. The molecule has 0 saturated carbocycles. The Balaban J connectivity index is 1.13. The molecule has 0 unspecified atom stereocenters. The number of para-hydroxylation sites is 1. The first-order valence-corrected chi connectivity index (χ1v) is 17.2. The number of esters is 1. The Morgan fingerprint density at radius 3 is 2.56 bits per heavy atom. The summed E-state index contributed by atoms with van der Waals surface area (Å²) >= 11 is 1.65. The van der Waals surface area contributed by atoms with E-state index >= 15 is 0 Å². The van der Waals surface area contributed by atoms with Gasteiger partial charge in [0.25, 0.3) is 0 Å². The lowest BCUT2D eigenvalue weighted by atomic mass is 10.1. The minimum Gasteiger partial charge on any atom is -0.493 e. The van der Waals surface area contributed by atoms with Crippen molar-refractivity contribution in [3.63, 3.8) is 0 Å². The van der Waals surface area contributed by atoms with Crippen molar-refractivity contribution >= 4 is 29.5 Å². The van der Waals surface area contributed by atoms with E-state index in [0.717, 1.165) is 45.1 Å². The number of carbonyl (C=O) groups excluding carboxylic acids is 1. The predicted octanol–water partition coefficient (Wildman–Crippen LogP) is 8.30. The van der Waals surface area contributed by atoms with Crippen LogP contribution in [0, 0.1) is 6.92 Å². The molecule has 0 N–H and O–H groups in total. The molecule has 0 radical (unpaired) electrons. The van der Waals surface area contributed by atoms with Crippen LogP contribution in [0.1, 0.15) is 52.7 Å². The van der Waals surface area contributed by atoms with Crippen molar-refractivity contribution in [2.45, 2.75) is 46.8 Å². The monoisotopic (exact) mass is 690 g/mol. The van der Waals surface area contributed by atoms with Crippen molar-refractivity contribution in [3.8, 4) is 34.5 Å². The van der Waals surface area contributed by atoms with Crippen LogP contribution in [0.3, 0.4) is 0 Å². The summed E-state index contributed by atoms with van der Waals surface area (Å²) < 4.78 is 30.9. The summed E-state index contributed by atoms with van der Waals surface area (Å²) in [7, 11) is 1.60. The van der Waals surface area contributed by atoms with E-state index in [1.54, 1.807) is 25.4 Å². The minimum absolute atomic E-state index is 0.176. The fourth-order valence-corrected chi connectivity index (χ4v) is 5.86. The molecule has 0 saturated heterocycles. The minimum atomic E-state index is -0.275. The van der Waals surface area contributed by atoms with Crippen LogP contribution >= 0.6 is 11.3 Å². The Morgan fingerprint density at radius 2 is 1.78 bits per heavy atom. The summed E-state index contributed by atoms with van der Waals surface area (Å²) in [5.74, 6) is 2.43. The highest BCUT2D eigenvalue weighted by Gasteiger charge is 2.16. The Hall–Kier alpha value is -5.68. The Labute approximate surface area is 295 Å². The Kier molecular flexibility index (Phi) is 11.0. The Morgan fingerprint density at radius 1 is 0.920 bits per heavy atom. The highest BCUT2D eigenvalue weighted by Crippen LogP contribution is 2.31. The highest BCUT2D eigenvalue weighted by atomic mass is 32.1. The van der Waals surface area contributed by atoms with Gasteiger partial charge < -0.3 is 23.4 Å². The zero-order valence-corrected chi connectivity index (χ0v) is 29.2. The largest absolute Gasteiger partial charge is 0.493 e. The van der Waals surface area contributed by atoms with Gasteiger partial charge in [-0.2, -0.15) is 0 Å². The van der Waals surface area contributed by atoms with E-state index in [1.165, 1.54) is 0 Å². The number of aromatic nitrogens is 4. The molecule has 10 nitrogen and oxygen atoms in total. The van der Waals surface area contributed by atoms with Gasteiger partial charge in [0, 0.05) is 17.1 Å². The first-order valence-electron chi connectivity index (χ1n) is 16.3. The molecule has 3 heterocycles. The van der Waals surface area contributed by atoms with Crippen molar-refractivity contribution in [1.82, 2.24) is 19.7 Å². The molecule has 0 aliphatic rings. The second-order valence-electron chi connectivity index (χ2n) is 11.3. The van der Waals surface area contributed by atoms with Crippen molar-refractivity contribution in [1.29, 1.82) is 0 Å². The van der Waals surface area contributed by atoms with Crippen LogP contribution in [0.25, 0.3) is 29.3 Å². The molecule has 0 amide bonds. The van der Waals surface area contributed by atoms with Gasteiger partial charge in [-0.15, -0.1) is 16.4 Å². The summed E-state index contributed by atoms with van der Waals surface area (Å²) in [5.41, 5.74) is 5.80. The number of rotatable bonds is 15. The van der Waals surface area contributed by atoms with Crippen LogP contribution in [-0.4, -0.2) is 39.4 Å². The van der Waals surface area contributed by atoms with Gasteiger partial charge in [-0.05, 0) is 79.9 Å². The van der Waals surface area contributed by atoms with Crippen LogP contribution in [-0.2, 0) is 35.6 Å². The molecule has 0 bridgehead atoms. The molecule has 11 heteroatoms. The number of benzene rings is 3. The summed E-state index contributed by atoms with van der Waals surface area (Å²) in [6, 6.07) is 23.1. The van der Waals surface area contributed by atoms with Gasteiger partial charge >= 0.3 is 5.97 Å². The van der Waals surface area contributed by atoms with Gasteiger partial charge in [-0.3, -0.25) is 4.79 Å². The number of nitrogens with zero attached hydrogens (tertiary/aromatic N) is 4. The summed E-state index contributed by atoms with van der Waals surface area (Å²) in [6.45, 7) is 6.52. The number of aryl methyl sites for hydroxylation is 2. The average Bonchev–Trinajstić information content (AvgIpc) is 3.88. The molecule has 3 aromatic carbocycles. The number of ether oxygens (including phenoxy) is 4. The quantitative estimate of drug-likeness (QED) is 0.0983. The van der Waals surface area contributed by atoms with E-state index in [1.807, 2.05) is 108 Å². The molecular formula is C39H38N4O6S. The van der Waals surface area contributed by atoms with Gasteiger partial charge in [-0.1, -0.05) is 43.3 Å². The van der Waals surface area contributed by atoms with Crippen LogP contribution in [0.15, 0.2) is 88.8 Å². The summed E-state index contributed by atoms with van der Waals surface area (Å²) in [5, 5.41) is 7.88. The molecule has 0 atom stereocenters. The number of methoxy groups -OCH3 is 1. The molecule has 256 valence electrons.